The van der Waals surface area contributed by atoms with Crippen molar-refractivity contribution in [2.75, 3.05) is 12.8 Å². The molecule has 0 aliphatic carbocycles. The van der Waals surface area contributed by atoms with Crippen molar-refractivity contribution in [1.29, 1.82) is 5.41 Å². The third-order valence-corrected chi connectivity index (χ3v) is 3.26. The highest BCUT2D eigenvalue weighted by Crippen LogP contribution is 2.12. The summed E-state index contributed by atoms with van der Waals surface area (Å²) in [6.45, 7) is 0.145. The largest absolute Gasteiger partial charge is 0.389 e. The first-order valence-electron chi connectivity index (χ1n) is 6.04. The zero-order valence-corrected chi connectivity index (χ0v) is 12.2. The van der Waals surface area contributed by atoms with Gasteiger partial charge in [-0.1, -0.05) is 35.5 Å². The van der Waals surface area contributed by atoms with Crippen LogP contribution in [0.25, 0.3) is 0 Å². The molecule has 8 heteroatoms. The van der Waals surface area contributed by atoms with E-state index in [0.29, 0.717) is 21.5 Å². The molecule has 0 fully saturated rings. The lowest BCUT2D eigenvalue weighted by molar-refractivity contribution is 0.0148. The van der Waals surface area contributed by atoms with Gasteiger partial charge in [-0.3, -0.25) is 10.6 Å². The fraction of sp³-hybridized carbons (Fsp3) is 0.154. The molecule has 0 amide bonds. The van der Waals surface area contributed by atoms with Gasteiger partial charge in [0.25, 0.3) is 0 Å². The second-order valence-electron chi connectivity index (χ2n) is 4.13. The molecule has 0 aliphatic rings. The zero-order chi connectivity index (χ0) is 15.2. The number of nitrogens with one attached hydrogen (secondary N) is 1. The number of nitrogens with zero attached hydrogens (tertiary/aromatic N) is 3. The third kappa shape index (κ3) is 4.01. The molecule has 7 nitrogen and oxygen atoms in total. The summed E-state index contributed by atoms with van der Waals surface area (Å²) in [5.74, 6) is -0.168. The first kappa shape index (κ1) is 14.9. The summed E-state index contributed by atoms with van der Waals surface area (Å²) in [4.78, 5) is 9.27. The van der Waals surface area contributed by atoms with Gasteiger partial charge in [0.2, 0.25) is 0 Å². The zero-order valence-electron chi connectivity index (χ0n) is 11.4. The van der Waals surface area contributed by atoms with Crippen LogP contribution in [0.2, 0.25) is 0 Å². The van der Waals surface area contributed by atoms with E-state index in [9.17, 15) is 5.21 Å². The van der Waals surface area contributed by atoms with Gasteiger partial charge in [-0.2, -0.15) is 0 Å². The van der Waals surface area contributed by atoms with E-state index in [4.69, 9.17) is 16.0 Å². The van der Waals surface area contributed by atoms with Crippen LogP contribution in [0.4, 0.5) is 5.13 Å². The highest BCUT2D eigenvalue weighted by Gasteiger charge is 2.14. The maximum absolute atomic E-state index is 9.42. The molecule has 1 aromatic heterocycles. The van der Waals surface area contributed by atoms with Crippen LogP contribution < -0.4 is 5.73 Å². The lowest BCUT2D eigenvalue weighted by atomic mass is 10.1. The molecule has 0 aliphatic heterocycles. The van der Waals surface area contributed by atoms with Crippen molar-refractivity contribution in [3.8, 4) is 0 Å². The van der Waals surface area contributed by atoms with Gasteiger partial charge in [-0.25, -0.2) is 10.0 Å². The summed E-state index contributed by atoms with van der Waals surface area (Å²) >= 11 is 1.32. The number of likely N-dealkylation sites (N-methyl/N-ethyl adjacent to an activating group) is 1. The Morgan fingerprint density at radius 1 is 1.48 bits per heavy atom. The molecule has 1 aromatic carbocycles. The average Bonchev–Trinajstić information content (AvgIpc) is 2.89. The monoisotopic (exact) mass is 305 g/mol. The molecule has 4 N–H and O–H groups in total. The Bertz CT molecular complexity index is 639. The summed E-state index contributed by atoms with van der Waals surface area (Å²) in [5.41, 5.74) is 7.09. The van der Waals surface area contributed by atoms with Crippen molar-refractivity contribution >= 4 is 28.0 Å². The minimum Gasteiger partial charge on any atom is -0.389 e. The van der Waals surface area contributed by atoms with E-state index in [1.807, 2.05) is 18.2 Å². The van der Waals surface area contributed by atoms with Gasteiger partial charge in [0.05, 0.1) is 5.69 Å². The standard InChI is InChI=1S/C13H15N5O2S/c1-18(19)12(14)11(9-5-3-2-4-6-9)17-20-7-10-8-21-13(15)16-10/h2-6,8,14,19H,7H2,1H3,(H2,15,16)/b14-12?,17-11+. The molecule has 0 saturated heterocycles. The van der Waals surface area contributed by atoms with Crippen molar-refractivity contribution in [3.63, 3.8) is 0 Å². The van der Waals surface area contributed by atoms with Gasteiger partial charge in [-0.15, -0.1) is 11.3 Å². The number of rotatable bonds is 5. The summed E-state index contributed by atoms with van der Waals surface area (Å²) in [6, 6.07) is 9.04. The number of aromatic nitrogens is 1. The maximum atomic E-state index is 9.42. The third-order valence-electron chi connectivity index (χ3n) is 2.53. The average molecular weight is 305 g/mol. The summed E-state index contributed by atoms with van der Waals surface area (Å²) in [5, 5.41) is 24.1. The lowest BCUT2D eigenvalue weighted by Crippen LogP contribution is -2.30. The maximum Gasteiger partial charge on any atom is 0.180 e. The Hall–Kier alpha value is -2.45. The number of anilines is 1. The van der Waals surface area contributed by atoms with Crippen LogP contribution in [0.15, 0.2) is 40.9 Å². The second-order valence-corrected chi connectivity index (χ2v) is 5.02. The first-order chi connectivity index (χ1) is 10.1. The van der Waals surface area contributed by atoms with Gasteiger partial charge in [0.15, 0.2) is 23.3 Å². The van der Waals surface area contributed by atoms with Gasteiger partial charge >= 0.3 is 0 Å². The fourth-order valence-electron chi connectivity index (χ4n) is 1.53. The van der Waals surface area contributed by atoms with Crippen molar-refractivity contribution in [1.82, 2.24) is 10.0 Å². The van der Waals surface area contributed by atoms with Gasteiger partial charge < -0.3 is 10.6 Å². The Morgan fingerprint density at radius 2 is 2.19 bits per heavy atom. The topological polar surface area (TPSA) is 108 Å². The summed E-state index contributed by atoms with van der Waals surface area (Å²) in [6.07, 6.45) is 0. The number of nitrogens with two attached hydrogens (primary N) is 1. The number of nitrogen functional groups attached to an aromatic ring is 1. The van der Waals surface area contributed by atoms with Crippen LogP contribution >= 0.6 is 11.3 Å². The predicted octanol–water partition coefficient (Wildman–Crippen LogP) is 1.94. The number of benzene rings is 1. The highest BCUT2D eigenvalue weighted by molar-refractivity contribution is 7.13. The van der Waals surface area contributed by atoms with Crippen LogP contribution in [0, 0.1) is 5.41 Å². The molecule has 0 radical (unpaired) electrons. The van der Waals surface area contributed by atoms with Gasteiger partial charge in [0, 0.05) is 18.0 Å². The van der Waals surface area contributed by atoms with Crippen LogP contribution in [-0.4, -0.2) is 33.8 Å². The van der Waals surface area contributed by atoms with Crippen LogP contribution in [0.3, 0.4) is 0 Å². The van der Waals surface area contributed by atoms with E-state index in [1.54, 1.807) is 17.5 Å². The number of hydrogen-bond acceptors (Lipinski definition) is 7. The molecule has 2 aromatic rings. The van der Waals surface area contributed by atoms with E-state index in [0.717, 1.165) is 0 Å². The molecule has 21 heavy (non-hydrogen) atoms. The number of oxime groups is 1. The minimum absolute atomic E-state index is 0.145. The van der Waals surface area contributed by atoms with Gasteiger partial charge in [-0.05, 0) is 0 Å². The number of amidine groups is 1. The molecular formula is C13H15N5O2S. The molecule has 2 rings (SSSR count). The minimum atomic E-state index is -0.168. The second kappa shape index (κ2) is 6.82. The van der Waals surface area contributed by atoms with Crippen molar-refractivity contribution < 1.29 is 10.0 Å². The summed E-state index contributed by atoms with van der Waals surface area (Å²) in [7, 11) is 1.35. The van der Waals surface area contributed by atoms with Crippen LogP contribution in [0.1, 0.15) is 11.3 Å². The quantitative estimate of drug-likeness (QED) is 0.444. The number of hydrogen-bond donors (Lipinski definition) is 3. The van der Waals surface area contributed by atoms with E-state index in [2.05, 4.69) is 10.1 Å². The van der Waals surface area contributed by atoms with Crippen LogP contribution in [-0.2, 0) is 11.4 Å². The number of thiazole rings is 1. The lowest BCUT2D eigenvalue weighted by Gasteiger charge is -2.13. The highest BCUT2D eigenvalue weighted by atomic mass is 32.1. The SMILES string of the molecule is CN(O)C(=N)/C(=N/OCc1csc(N)n1)c1ccccc1. The Morgan fingerprint density at radius 3 is 2.76 bits per heavy atom. The molecule has 0 bridgehead atoms. The summed E-state index contributed by atoms with van der Waals surface area (Å²) < 4.78 is 0. The van der Waals surface area contributed by atoms with E-state index in [1.165, 1.54) is 18.4 Å². The van der Waals surface area contributed by atoms with Crippen molar-refractivity contribution in [3.05, 3.63) is 47.0 Å². The predicted molar refractivity (Wildman–Crippen MR) is 81.6 cm³/mol. The molecule has 1 heterocycles. The van der Waals surface area contributed by atoms with E-state index >= 15 is 0 Å². The molecule has 0 spiro atoms. The normalized spacial score (nSPS) is 11.2. The van der Waals surface area contributed by atoms with Crippen LogP contribution in [0.5, 0.6) is 0 Å². The molecule has 0 unspecified atom stereocenters. The van der Waals surface area contributed by atoms with Crippen molar-refractivity contribution in [2.45, 2.75) is 6.61 Å². The molecular weight excluding hydrogens is 290 g/mol. The van der Waals surface area contributed by atoms with Gasteiger partial charge in [0.1, 0.15) is 0 Å². The van der Waals surface area contributed by atoms with E-state index in [-0.39, 0.29) is 18.2 Å². The smallest absolute Gasteiger partial charge is 0.180 e. The Balaban J connectivity index is 2.15. The van der Waals surface area contributed by atoms with Crippen molar-refractivity contribution in [2.24, 2.45) is 5.16 Å². The fourth-order valence-corrected chi connectivity index (χ4v) is 2.08. The number of hydroxylamine groups is 2. The molecule has 0 saturated carbocycles. The Labute approximate surface area is 125 Å². The van der Waals surface area contributed by atoms with E-state index < -0.39 is 0 Å². The molecule has 110 valence electrons. The first-order valence-corrected chi connectivity index (χ1v) is 6.92. The Kier molecular flexibility index (Phi) is 4.85. The molecule has 0 atom stereocenters.